The lowest BCUT2D eigenvalue weighted by Gasteiger charge is -2.51. The number of carbonyl (C=O) groups excluding carboxylic acids is 1. The summed E-state index contributed by atoms with van der Waals surface area (Å²) in [6.45, 7) is 6.64. The normalized spacial score (nSPS) is 38.0. The van der Waals surface area contributed by atoms with Gasteiger partial charge in [-0.05, 0) is 24.3 Å². The number of hydrogen-bond acceptors (Lipinski definition) is 2. The molecule has 0 saturated carbocycles. The van der Waals surface area contributed by atoms with Crippen molar-refractivity contribution < 1.29 is 24.2 Å². The third-order valence-corrected chi connectivity index (χ3v) is 5.10. The molecule has 1 aromatic carbocycles. The summed E-state index contributed by atoms with van der Waals surface area (Å²) in [4.78, 5) is 17.8. The molecule has 20 heavy (non-hydrogen) atoms. The molecule has 0 radical (unpaired) electrons. The molecule has 1 aromatic rings. The van der Waals surface area contributed by atoms with Gasteiger partial charge in [0.05, 0.1) is 7.11 Å². The fourth-order valence-corrected chi connectivity index (χ4v) is 4.54. The summed E-state index contributed by atoms with van der Waals surface area (Å²) in [5.41, 5.74) is 0.707. The van der Waals surface area contributed by atoms with Crippen LogP contribution in [0.1, 0.15) is 10.4 Å². The van der Waals surface area contributed by atoms with E-state index in [0.717, 1.165) is 30.9 Å². The monoisotopic (exact) mass is 276 g/mol. The quantitative estimate of drug-likeness (QED) is 0.500. The van der Waals surface area contributed by atoms with Gasteiger partial charge in [-0.15, -0.1) is 0 Å². The van der Waals surface area contributed by atoms with E-state index < -0.39 is 0 Å². The second-order valence-corrected chi connectivity index (χ2v) is 6.65. The van der Waals surface area contributed by atoms with Crippen LogP contribution in [0.4, 0.5) is 0 Å². The zero-order chi connectivity index (χ0) is 13.7. The van der Waals surface area contributed by atoms with Crippen LogP contribution in [0.25, 0.3) is 0 Å². The van der Waals surface area contributed by atoms with Crippen molar-refractivity contribution in [1.29, 1.82) is 0 Å². The van der Waals surface area contributed by atoms with Crippen molar-refractivity contribution in [3.05, 3.63) is 29.8 Å². The molecule has 4 aliphatic rings. The van der Waals surface area contributed by atoms with Crippen molar-refractivity contribution in [3.8, 4) is 5.75 Å². The molecule has 0 aromatic heterocycles. The summed E-state index contributed by atoms with van der Waals surface area (Å²) in [7, 11) is 1.65. The number of Topliss-reactive ketones (excluding diaryl/α,β-unsaturated/α-hetero) is 1. The Morgan fingerprint density at radius 1 is 1.00 bits per heavy atom. The number of ketones is 1. The second-order valence-electron chi connectivity index (χ2n) is 6.65. The van der Waals surface area contributed by atoms with Gasteiger partial charge in [0.2, 0.25) is 20.0 Å². The van der Waals surface area contributed by atoms with Crippen LogP contribution in [-0.4, -0.2) is 52.5 Å². The van der Waals surface area contributed by atoms with Crippen LogP contribution in [0.15, 0.2) is 24.3 Å². The molecule has 3 N–H and O–H groups in total. The van der Waals surface area contributed by atoms with E-state index in [-0.39, 0.29) is 5.41 Å². The van der Waals surface area contributed by atoms with Gasteiger partial charge in [0.1, 0.15) is 25.4 Å². The molecular formula is C15H22N3O2+3. The van der Waals surface area contributed by atoms with Crippen molar-refractivity contribution in [2.24, 2.45) is 5.41 Å². The van der Waals surface area contributed by atoms with Crippen LogP contribution in [0, 0.1) is 5.41 Å². The molecule has 5 rings (SSSR count). The van der Waals surface area contributed by atoms with Crippen LogP contribution in [-0.2, 0) is 0 Å². The number of quaternary nitrogens is 3. The summed E-state index contributed by atoms with van der Waals surface area (Å²) in [6.07, 6.45) is 0. The maximum Gasteiger partial charge on any atom is 0.213 e. The van der Waals surface area contributed by atoms with Gasteiger partial charge >= 0.3 is 0 Å². The average molecular weight is 276 g/mol. The molecule has 5 heteroatoms. The minimum atomic E-state index is -0.136. The van der Waals surface area contributed by atoms with E-state index in [1.165, 1.54) is 20.0 Å². The highest BCUT2D eigenvalue weighted by atomic mass is 16.5. The summed E-state index contributed by atoms with van der Waals surface area (Å²) < 4.78 is 5.17. The maximum absolute atomic E-state index is 13.0. The molecule has 4 heterocycles. The van der Waals surface area contributed by atoms with Gasteiger partial charge in [-0.25, -0.2) is 14.7 Å². The Morgan fingerprint density at radius 2 is 1.50 bits per heavy atom. The largest absolute Gasteiger partial charge is 0.497 e. The predicted molar refractivity (Wildman–Crippen MR) is 71.8 cm³/mol. The van der Waals surface area contributed by atoms with Crippen LogP contribution < -0.4 is 19.4 Å². The van der Waals surface area contributed by atoms with Gasteiger partial charge in [-0.3, -0.25) is 4.79 Å². The van der Waals surface area contributed by atoms with E-state index in [1.807, 2.05) is 24.3 Å². The highest BCUT2D eigenvalue weighted by molar-refractivity contribution is 6.01. The molecule has 0 amide bonds. The van der Waals surface area contributed by atoms with Crippen LogP contribution in [0.5, 0.6) is 5.75 Å². The summed E-state index contributed by atoms with van der Waals surface area (Å²) in [5.74, 6) is 1.15. The zero-order valence-electron chi connectivity index (χ0n) is 11.9. The summed E-state index contributed by atoms with van der Waals surface area (Å²) >= 11 is 0. The number of ether oxygens (including phenoxy) is 1. The van der Waals surface area contributed by atoms with Gasteiger partial charge in [-0.2, -0.15) is 0 Å². The number of rotatable bonds is 3. The summed E-state index contributed by atoms with van der Waals surface area (Å²) in [5, 5.41) is 0. The van der Waals surface area contributed by atoms with E-state index >= 15 is 0 Å². The Kier molecular flexibility index (Phi) is 2.64. The first-order chi connectivity index (χ1) is 9.68. The topological polar surface area (TPSA) is 39.6 Å². The van der Waals surface area contributed by atoms with Crippen molar-refractivity contribution in [3.63, 3.8) is 0 Å². The van der Waals surface area contributed by atoms with Crippen LogP contribution in [0.3, 0.4) is 0 Å². The number of methoxy groups -OCH3 is 1. The highest BCUT2D eigenvalue weighted by Crippen LogP contribution is 2.23. The van der Waals surface area contributed by atoms with E-state index in [2.05, 4.69) is 0 Å². The molecular weight excluding hydrogens is 254 g/mol. The third-order valence-electron chi connectivity index (χ3n) is 5.10. The Balaban J connectivity index is 1.64. The lowest BCUT2D eigenvalue weighted by molar-refractivity contribution is -1.30. The molecule has 0 spiro atoms. The minimum Gasteiger partial charge on any atom is -0.497 e. The number of benzene rings is 1. The van der Waals surface area contributed by atoms with Crippen molar-refractivity contribution in [2.75, 3.05) is 46.8 Å². The van der Waals surface area contributed by atoms with Gasteiger partial charge in [-0.1, -0.05) is 0 Å². The van der Waals surface area contributed by atoms with Crippen LogP contribution >= 0.6 is 0 Å². The molecule has 4 bridgehead atoms. The molecule has 4 aliphatic heterocycles. The van der Waals surface area contributed by atoms with Gasteiger partial charge in [0.25, 0.3) is 0 Å². The Hall–Kier alpha value is -1.43. The van der Waals surface area contributed by atoms with Gasteiger partial charge < -0.3 is 4.74 Å². The second kappa shape index (κ2) is 4.28. The molecule has 0 atom stereocenters. The lowest BCUT2D eigenvalue weighted by Crippen LogP contribution is -3.56. The molecule has 0 unspecified atom stereocenters. The first-order valence-corrected chi connectivity index (χ1v) is 7.38. The fraction of sp³-hybridized carbons (Fsp3) is 0.533. The first-order valence-electron chi connectivity index (χ1n) is 7.38. The standard InChI is InChI=1S/C15H19N3O2/c1-20-13-4-2-12(3-5-13)14(19)15-6-16-9-17(7-15)11-18(8-15)10-16/h2-5H,6-11H2,1H3/p+3. The summed E-state index contributed by atoms with van der Waals surface area (Å²) in [6, 6.07) is 7.61. The predicted octanol–water partition coefficient (Wildman–Crippen LogP) is -3.57. The lowest BCUT2D eigenvalue weighted by atomic mass is 9.75. The van der Waals surface area contributed by atoms with E-state index in [4.69, 9.17) is 4.74 Å². The van der Waals surface area contributed by atoms with Crippen LogP contribution in [0.2, 0.25) is 0 Å². The maximum atomic E-state index is 13.0. The van der Waals surface area contributed by atoms with Crippen molar-refractivity contribution in [2.45, 2.75) is 0 Å². The fourth-order valence-electron chi connectivity index (χ4n) is 4.54. The highest BCUT2D eigenvalue weighted by Gasteiger charge is 2.61. The molecule has 5 nitrogen and oxygen atoms in total. The zero-order valence-corrected chi connectivity index (χ0v) is 11.9. The van der Waals surface area contributed by atoms with Crippen molar-refractivity contribution >= 4 is 5.78 Å². The smallest absolute Gasteiger partial charge is 0.213 e. The van der Waals surface area contributed by atoms with E-state index in [9.17, 15) is 4.79 Å². The average Bonchev–Trinajstić information content (AvgIpc) is 2.45. The van der Waals surface area contributed by atoms with E-state index in [0.29, 0.717) is 5.78 Å². The number of hydrogen-bond donors (Lipinski definition) is 3. The molecule has 4 fully saturated rings. The van der Waals surface area contributed by atoms with Gasteiger partial charge in [0.15, 0.2) is 11.2 Å². The molecule has 106 valence electrons. The van der Waals surface area contributed by atoms with E-state index in [1.54, 1.807) is 21.8 Å². The number of nitrogens with one attached hydrogen (secondary N) is 3. The molecule has 4 saturated heterocycles. The van der Waals surface area contributed by atoms with Gasteiger partial charge in [0, 0.05) is 5.56 Å². The number of carbonyl (C=O) groups is 1. The minimum absolute atomic E-state index is 0.136. The Morgan fingerprint density at radius 3 is 1.95 bits per heavy atom. The Bertz CT molecular complexity index is 505. The Labute approximate surface area is 118 Å². The third kappa shape index (κ3) is 1.78. The molecule has 0 aliphatic carbocycles. The SMILES string of the molecule is COc1ccc(C(=O)C23C[NH+]4C[NH+](C[NH+](C4)C2)C3)cc1. The first kappa shape index (κ1) is 12.3. The van der Waals surface area contributed by atoms with Crippen molar-refractivity contribution in [1.82, 2.24) is 0 Å².